The standard InChI is InChI=1S/C27H30N2O2/c1-31-25-7-2-4-19-12-20-13-22-17-29(16-18-8-9-18)11-10-27(22,15-24(20)28-26(19)25)21-5-3-6-23(30)14-21/h2-7,12,14,18,22,30H,8-11,13,15-17H2,1H3/t22-,27-/m0/s1. The number of likely N-dealkylation sites (tertiary alicyclic amines) is 1. The van der Waals surface area contributed by atoms with Crippen LogP contribution in [0.1, 0.15) is 36.1 Å². The van der Waals surface area contributed by atoms with Crippen molar-refractivity contribution in [3.63, 3.8) is 0 Å². The zero-order chi connectivity index (χ0) is 21.0. The van der Waals surface area contributed by atoms with Gasteiger partial charge < -0.3 is 14.7 Å². The van der Waals surface area contributed by atoms with Crippen LogP contribution in [0, 0.1) is 11.8 Å². The molecular formula is C27H30N2O2. The molecule has 160 valence electrons. The highest BCUT2D eigenvalue weighted by Crippen LogP contribution is 2.49. The molecule has 0 amide bonds. The van der Waals surface area contributed by atoms with Crippen molar-refractivity contribution >= 4 is 10.9 Å². The minimum atomic E-state index is 0.0362. The molecule has 6 rings (SSSR count). The highest BCUT2D eigenvalue weighted by Gasteiger charge is 2.48. The Hall–Kier alpha value is -2.59. The number of fused-ring (bicyclic) bond motifs is 3. The molecule has 4 heteroatoms. The lowest BCUT2D eigenvalue weighted by Gasteiger charge is -2.51. The van der Waals surface area contributed by atoms with Crippen LogP contribution in [-0.4, -0.2) is 41.7 Å². The fourth-order valence-electron chi connectivity index (χ4n) is 6.07. The van der Waals surface area contributed by atoms with Gasteiger partial charge in [-0.3, -0.25) is 0 Å². The molecule has 0 radical (unpaired) electrons. The summed E-state index contributed by atoms with van der Waals surface area (Å²) in [6, 6.07) is 16.5. The van der Waals surface area contributed by atoms with Crippen LogP contribution in [0.2, 0.25) is 0 Å². The second-order valence-electron chi connectivity index (χ2n) is 9.86. The van der Waals surface area contributed by atoms with E-state index in [9.17, 15) is 5.11 Å². The van der Waals surface area contributed by atoms with Gasteiger partial charge in [0.25, 0.3) is 0 Å². The molecule has 1 saturated carbocycles. The number of para-hydroxylation sites is 1. The predicted octanol–water partition coefficient (Wildman–Crippen LogP) is 4.72. The van der Waals surface area contributed by atoms with Crippen molar-refractivity contribution in [2.45, 2.75) is 37.5 Å². The third kappa shape index (κ3) is 3.28. The monoisotopic (exact) mass is 414 g/mol. The number of methoxy groups -OCH3 is 1. The number of phenols is 1. The third-order valence-electron chi connectivity index (χ3n) is 7.92. The average Bonchev–Trinajstić information content (AvgIpc) is 3.60. The first-order valence-electron chi connectivity index (χ1n) is 11.6. The van der Waals surface area contributed by atoms with E-state index in [0.717, 1.165) is 54.9 Å². The zero-order valence-electron chi connectivity index (χ0n) is 18.2. The Morgan fingerprint density at radius 3 is 2.84 bits per heavy atom. The molecule has 2 atom stereocenters. The number of ether oxygens (including phenoxy) is 1. The summed E-state index contributed by atoms with van der Waals surface area (Å²) in [6.45, 7) is 3.53. The van der Waals surface area contributed by atoms with E-state index in [4.69, 9.17) is 9.72 Å². The Morgan fingerprint density at radius 2 is 2.03 bits per heavy atom. The fraction of sp³-hybridized carbons (Fsp3) is 0.444. The maximum atomic E-state index is 10.3. The lowest BCUT2D eigenvalue weighted by atomic mass is 9.58. The summed E-state index contributed by atoms with van der Waals surface area (Å²) in [4.78, 5) is 7.85. The molecular weight excluding hydrogens is 384 g/mol. The normalized spacial score (nSPS) is 25.8. The van der Waals surface area contributed by atoms with Gasteiger partial charge in [0, 0.05) is 36.0 Å². The summed E-state index contributed by atoms with van der Waals surface area (Å²) in [5, 5.41) is 11.4. The smallest absolute Gasteiger partial charge is 0.145 e. The van der Waals surface area contributed by atoms with Crippen LogP contribution >= 0.6 is 0 Å². The number of aromatic hydroxyl groups is 1. The van der Waals surface area contributed by atoms with Crippen LogP contribution in [-0.2, 0) is 18.3 Å². The number of nitrogens with zero attached hydrogens (tertiary/aromatic N) is 2. The summed E-state index contributed by atoms with van der Waals surface area (Å²) >= 11 is 0. The molecule has 1 aliphatic heterocycles. The average molecular weight is 415 g/mol. The van der Waals surface area contributed by atoms with E-state index in [2.05, 4.69) is 23.1 Å². The van der Waals surface area contributed by atoms with E-state index in [1.165, 1.54) is 36.2 Å². The summed E-state index contributed by atoms with van der Waals surface area (Å²) in [7, 11) is 1.72. The molecule has 3 aliphatic rings. The predicted molar refractivity (Wildman–Crippen MR) is 123 cm³/mol. The van der Waals surface area contributed by atoms with Crippen molar-refractivity contribution < 1.29 is 9.84 Å². The highest BCUT2D eigenvalue weighted by molar-refractivity contribution is 5.85. The quantitative estimate of drug-likeness (QED) is 0.671. The molecule has 31 heavy (non-hydrogen) atoms. The summed E-state index contributed by atoms with van der Waals surface area (Å²) < 4.78 is 5.61. The number of hydrogen-bond donors (Lipinski definition) is 1. The molecule has 2 aliphatic carbocycles. The van der Waals surface area contributed by atoms with Crippen LogP contribution < -0.4 is 4.74 Å². The summed E-state index contributed by atoms with van der Waals surface area (Å²) in [5.74, 6) is 2.67. The lowest BCUT2D eigenvalue weighted by molar-refractivity contribution is 0.0777. The first kappa shape index (κ1) is 19.1. The fourth-order valence-corrected chi connectivity index (χ4v) is 6.07. The van der Waals surface area contributed by atoms with Crippen molar-refractivity contribution in [2.24, 2.45) is 11.8 Å². The van der Waals surface area contributed by atoms with E-state index in [-0.39, 0.29) is 5.41 Å². The van der Waals surface area contributed by atoms with Crippen LogP contribution in [0.5, 0.6) is 11.5 Å². The van der Waals surface area contributed by atoms with Crippen LogP contribution in [0.4, 0.5) is 0 Å². The Bertz CT molecular complexity index is 1140. The van der Waals surface area contributed by atoms with Crippen LogP contribution in [0.15, 0.2) is 48.5 Å². The Kier molecular flexibility index (Phi) is 4.46. The maximum Gasteiger partial charge on any atom is 0.145 e. The number of phenolic OH excluding ortho intramolecular Hbond substituents is 1. The maximum absolute atomic E-state index is 10.3. The van der Waals surface area contributed by atoms with Crippen molar-refractivity contribution in [3.8, 4) is 11.5 Å². The van der Waals surface area contributed by atoms with E-state index >= 15 is 0 Å². The Balaban J connectivity index is 1.45. The first-order valence-corrected chi connectivity index (χ1v) is 11.6. The van der Waals surface area contributed by atoms with E-state index < -0.39 is 0 Å². The van der Waals surface area contributed by atoms with Gasteiger partial charge in [0.05, 0.1) is 7.11 Å². The Labute approximate surface area is 183 Å². The molecule has 2 aromatic carbocycles. The summed E-state index contributed by atoms with van der Waals surface area (Å²) in [6.07, 6.45) is 5.91. The molecule has 1 saturated heterocycles. The number of aromatic nitrogens is 1. The molecule has 0 spiro atoms. The lowest BCUT2D eigenvalue weighted by Crippen LogP contribution is -2.54. The first-order chi connectivity index (χ1) is 15.1. The van der Waals surface area contributed by atoms with Gasteiger partial charge in [-0.2, -0.15) is 0 Å². The van der Waals surface area contributed by atoms with Crippen LogP contribution in [0.3, 0.4) is 0 Å². The van der Waals surface area contributed by atoms with Gasteiger partial charge in [-0.05, 0) is 79.5 Å². The molecule has 1 N–H and O–H groups in total. The number of piperidine rings is 1. The Morgan fingerprint density at radius 1 is 1.16 bits per heavy atom. The van der Waals surface area contributed by atoms with Gasteiger partial charge >= 0.3 is 0 Å². The van der Waals surface area contributed by atoms with Gasteiger partial charge in [0.1, 0.15) is 17.0 Å². The zero-order valence-corrected chi connectivity index (χ0v) is 18.2. The van der Waals surface area contributed by atoms with Crippen molar-refractivity contribution in [2.75, 3.05) is 26.7 Å². The van der Waals surface area contributed by atoms with Gasteiger partial charge in [-0.1, -0.05) is 24.3 Å². The molecule has 0 bridgehead atoms. The third-order valence-corrected chi connectivity index (χ3v) is 7.92. The second-order valence-corrected chi connectivity index (χ2v) is 9.86. The number of benzene rings is 2. The van der Waals surface area contributed by atoms with E-state index in [1.54, 1.807) is 13.2 Å². The molecule has 3 aromatic rings. The minimum absolute atomic E-state index is 0.0362. The molecule has 2 heterocycles. The van der Waals surface area contributed by atoms with Gasteiger partial charge in [0.2, 0.25) is 0 Å². The molecule has 2 fully saturated rings. The van der Waals surface area contributed by atoms with Crippen molar-refractivity contribution in [1.82, 2.24) is 9.88 Å². The van der Waals surface area contributed by atoms with Gasteiger partial charge in [0.15, 0.2) is 0 Å². The van der Waals surface area contributed by atoms with E-state index in [0.29, 0.717) is 11.7 Å². The number of pyridine rings is 1. The molecule has 0 unspecified atom stereocenters. The number of hydrogen-bond acceptors (Lipinski definition) is 4. The van der Waals surface area contributed by atoms with Crippen molar-refractivity contribution in [1.29, 1.82) is 0 Å². The van der Waals surface area contributed by atoms with Gasteiger partial charge in [-0.25, -0.2) is 4.98 Å². The van der Waals surface area contributed by atoms with E-state index in [1.807, 2.05) is 24.3 Å². The molecule has 1 aromatic heterocycles. The largest absolute Gasteiger partial charge is 0.508 e. The van der Waals surface area contributed by atoms with Gasteiger partial charge in [-0.15, -0.1) is 0 Å². The van der Waals surface area contributed by atoms with Crippen molar-refractivity contribution in [3.05, 3.63) is 65.4 Å². The topological polar surface area (TPSA) is 45.6 Å². The second kappa shape index (κ2) is 7.23. The SMILES string of the molecule is COc1cccc2cc3c(nc12)C[C@]1(c2cccc(O)c2)CCN(CC2CC2)C[C@@H]1C3. The minimum Gasteiger partial charge on any atom is -0.508 e. The number of rotatable bonds is 4. The molecule has 4 nitrogen and oxygen atoms in total. The van der Waals surface area contributed by atoms with Crippen LogP contribution in [0.25, 0.3) is 10.9 Å². The summed E-state index contributed by atoms with van der Waals surface area (Å²) in [5.41, 5.74) is 4.85. The highest BCUT2D eigenvalue weighted by atomic mass is 16.5.